The molecule has 1 nitrogen and oxygen atoms in total. The zero-order chi connectivity index (χ0) is 8.27. The number of aliphatic hydroxyl groups excluding tert-OH is 1. The van der Waals surface area contributed by atoms with Crippen LogP contribution >= 0.6 is 0 Å². The Hall–Kier alpha value is -0.0400. The average Bonchev–Trinajstić information content (AvgIpc) is 1.99. The molecule has 3 unspecified atom stereocenters. The minimum Gasteiger partial charge on any atom is -0.393 e. The van der Waals surface area contributed by atoms with Crippen LogP contribution in [-0.4, -0.2) is 11.2 Å². The van der Waals surface area contributed by atoms with Crippen LogP contribution in [0.25, 0.3) is 0 Å². The van der Waals surface area contributed by atoms with Crippen molar-refractivity contribution >= 4 is 0 Å². The Morgan fingerprint density at radius 3 is 2.73 bits per heavy atom. The number of rotatable bonds is 2. The van der Waals surface area contributed by atoms with E-state index in [9.17, 15) is 5.11 Å². The maximum atomic E-state index is 9.77. The Morgan fingerprint density at radius 1 is 1.36 bits per heavy atom. The molecule has 0 aliphatic heterocycles. The van der Waals surface area contributed by atoms with E-state index in [1.54, 1.807) is 0 Å². The number of hydrogen-bond donors (Lipinski definition) is 1. The molecule has 0 amide bonds. The van der Waals surface area contributed by atoms with Crippen LogP contribution in [0.2, 0.25) is 0 Å². The molecule has 1 saturated carbocycles. The summed E-state index contributed by atoms with van der Waals surface area (Å²) in [6.07, 6.45) is 6.22. The van der Waals surface area contributed by atoms with Gasteiger partial charge in [-0.15, -0.1) is 0 Å². The molecule has 1 heteroatoms. The molecule has 3 atom stereocenters. The van der Waals surface area contributed by atoms with Crippen LogP contribution in [0.3, 0.4) is 0 Å². The van der Waals surface area contributed by atoms with Crippen molar-refractivity contribution in [2.45, 2.75) is 52.1 Å². The lowest BCUT2D eigenvalue weighted by Crippen LogP contribution is -2.31. The SMILES string of the molecule is CCCC1CCCC(C)C1O. The van der Waals surface area contributed by atoms with Gasteiger partial charge in [0.05, 0.1) is 6.10 Å². The van der Waals surface area contributed by atoms with Crippen molar-refractivity contribution in [3.63, 3.8) is 0 Å². The van der Waals surface area contributed by atoms with Crippen LogP contribution in [0.15, 0.2) is 0 Å². The summed E-state index contributed by atoms with van der Waals surface area (Å²) in [5.74, 6) is 1.14. The van der Waals surface area contributed by atoms with Crippen molar-refractivity contribution in [3.05, 3.63) is 0 Å². The van der Waals surface area contributed by atoms with E-state index in [1.165, 1.54) is 32.1 Å². The van der Waals surface area contributed by atoms with E-state index in [0.717, 1.165) is 0 Å². The highest BCUT2D eigenvalue weighted by Crippen LogP contribution is 2.31. The third-order valence-electron chi connectivity index (χ3n) is 2.96. The molecule has 0 radical (unpaired) electrons. The molecular weight excluding hydrogens is 136 g/mol. The molecule has 1 N–H and O–H groups in total. The van der Waals surface area contributed by atoms with Crippen LogP contribution in [0.1, 0.15) is 46.0 Å². The fourth-order valence-corrected chi connectivity index (χ4v) is 2.19. The van der Waals surface area contributed by atoms with E-state index < -0.39 is 0 Å². The Kier molecular flexibility index (Phi) is 3.38. The first-order valence-corrected chi connectivity index (χ1v) is 4.93. The third kappa shape index (κ3) is 2.19. The summed E-state index contributed by atoms with van der Waals surface area (Å²) < 4.78 is 0. The predicted molar refractivity (Wildman–Crippen MR) is 47.4 cm³/mol. The van der Waals surface area contributed by atoms with Crippen molar-refractivity contribution in [3.8, 4) is 0 Å². The average molecular weight is 156 g/mol. The number of aliphatic hydroxyl groups is 1. The van der Waals surface area contributed by atoms with Gasteiger partial charge < -0.3 is 5.11 Å². The van der Waals surface area contributed by atoms with Gasteiger partial charge in [0.25, 0.3) is 0 Å². The van der Waals surface area contributed by atoms with Gasteiger partial charge in [0.2, 0.25) is 0 Å². The molecule has 0 bridgehead atoms. The highest BCUT2D eigenvalue weighted by Gasteiger charge is 2.27. The first-order chi connectivity index (χ1) is 5.25. The van der Waals surface area contributed by atoms with Crippen molar-refractivity contribution in [2.24, 2.45) is 11.8 Å². The Balaban J connectivity index is 2.38. The zero-order valence-electron chi connectivity index (χ0n) is 7.71. The molecule has 1 aliphatic rings. The Bertz CT molecular complexity index is 109. The Morgan fingerprint density at radius 2 is 2.09 bits per heavy atom. The van der Waals surface area contributed by atoms with E-state index in [0.29, 0.717) is 11.8 Å². The van der Waals surface area contributed by atoms with Gasteiger partial charge >= 0.3 is 0 Å². The second-order valence-electron chi connectivity index (χ2n) is 3.95. The summed E-state index contributed by atoms with van der Waals surface area (Å²) in [6.45, 7) is 4.37. The van der Waals surface area contributed by atoms with E-state index in [-0.39, 0.29) is 6.10 Å². The molecule has 66 valence electrons. The minimum atomic E-state index is -0.0105. The first kappa shape index (κ1) is 9.05. The van der Waals surface area contributed by atoms with Gasteiger partial charge in [-0.3, -0.25) is 0 Å². The minimum absolute atomic E-state index is 0.0105. The fraction of sp³-hybridized carbons (Fsp3) is 1.00. The van der Waals surface area contributed by atoms with Crippen molar-refractivity contribution in [2.75, 3.05) is 0 Å². The number of hydrogen-bond acceptors (Lipinski definition) is 1. The van der Waals surface area contributed by atoms with E-state index in [1.807, 2.05) is 0 Å². The topological polar surface area (TPSA) is 20.2 Å². The Labute approximate surface area is 69.8 Å². The highest BCUT2D eigenvalue weighted by atomic mass is 16.3. The smallest absolute Gasteiger partial charge is 0.0593 e. The van der Waals surface area contributed by atoms with Gasteiger partial charge in [0.1, 0.15) is 0 Å². The molecule has 0 aromatic heterocycles. The van der Waals surface area contributed by atoms with Crippen LogP contribution < -0.4 is 0 Å². The molecule has 1 aliphatic carbocycles. The van der Waals surface area contributed by atoms with Crippen LogP contribution in [0, 0.1) is 11.8 Å². The third-order valence-corrected chi connectivity index (χ3v) is 2.96. The normalized spacial score (nSPS) is 39.0. The maximum Gasteiger partial charge on any atom is 0.0593 e. The zero-order valence-corrected chi connectivity index (χ0v) is 7.71. The molecule has 0 heterocycles. The van der Waals surface area contributed by atoms with Gasteiger partial charge in [-0.05, 0) is 31.1 Å². The lowest BCUT2D eigenvalue weighted by molar-refractivity contribution is 0.0212. The van der Waals surface area contributed by atoms with E-state index in [2.05, 4.69) is 13.8 Å². The van der Waals surface area contributed by atoms with Crippen LogP contribution in [0.5, 0.6) is 0 Å². The second kappa shape index (κ2) is 4.10. The summed E-state index contributed by atoms with van der Waals surface area (Å²) in [5, 5.41) is 9.77. The van der Waals surface area contributed by atoms with E-state index in [4.69, 9.17) is 0 Å². The molecule has 1 rings (SSSR count). The van der Waals surface area contributed by atoms with Gasteiger partial charge in [-0.25, -0.2) is 0 Å². The van der Waals surface area contributed by atoms with Gasteiger partial charge in [-0.1, -0.05) is 26.7 Å². The predicted octanol–water partition coefficient (Wildman–Crippen LogP) is 2.58. The first-order valence-electron chi connectivity index (χ1n) is 4.93. The highest BCUT2D eigenvalue weighted by molar-refractivity contribution is 4.78. The molecule has 0 saturated heterocycles. The molecule has 0 spiro atoms. The van der Waals surface area contributed by atoms with Crippen molar-refractivity contribution in [1.29, 1.82) is 0 Å². The van der Waals surface area contributed by atoms with Gasteiger partial charge in [0, 0.05) is 0 Å². The lowest BCUT2D eigenvalue weighted by Gasteiger charge is -2.32. The quantitative estimate of drug-likeness (QED) is 0.651. The summed E-state index contributed by atoms with van der Waals surface area (Å²) >= 11 is 0. The summed E-state index contributed by atoms with van der Waals surface area (Å²) in [5.41, 5.74) is 0. The second-order valence-corrected chi connectivity index (χ2v) is 3.95. The fourth-order valence-electron chi connectivity index (χ4n) is 2.19. The molecular formula is C10H20O. The summed E-state index contributed by atoms with van der Waals surface area (Å²) in [7, 11) is 0. The van der Waals surface area contributed by atoms with Crippen molar-refractivity contribution in [1.82, 2.24) is 0 Å². The van der Waals surface area contributed by atoms with Gasteiger partial charge in [-0.2, -0.15) is 0 Å². The van der Waals surface area contributed by atoms with E-state index >= 15 is 0 Å². The molecule has 1 fully saturated rings. The molecule has 0 aromatic carbocycles. The largest absolute Gasteiger partial charge is 0.393 e. The summed E-state index contributed by atoms with van der Waals surface area (Å²) in [6, 6.07) is 0. The van der Waals surface area contributed by atoms with Crippen LogP contribution in [0.4, 0.5) is 0 Å². The summed E-state index contributed by atoms with van der Waals surface area (Å²) in [4.78, 5) is 0. The standard InChI is InChI=1S/C10H20O/c1-3-5-9-7-4-6-8(2)10(9)11/h8-11H,3-7H2,1-2H3. The molecule has 11 heavy (non-hydrogen) atoms. The lowest BCUT2D eigenvalue weighted by atomic mass is 9.78. The van der Waals surface area contributed by atoms with Crippen LogP contribution in [-0.2, 0) is 0 Å². The van der Waals surface area contributed by atoms with Crippen molar-refractivity contribution < 1.29 is 5.11 Å². The maximum absolute atomic E-state index is 9.77. The van der Waals surface area contributed by atoms with Gasteiger partial charge in [0.15, 0.2) is 0 Å². The molecule has 0 aromatic rings. The monoisotopic (exact) mass is 156 g/mol.